The number of aliphatic hydroxyl groups excluding tert-OH is 1. The van der Waals surface area contributed by atoms with Crippen LogP contribution < -0.4 is 0 Å². The van der Waals surface area contributed by atoms with Gasteiger partial charge < -0.3 is 14.8 Å². The summed E-state index contributed by atoms with van der Waals surface area (Å²) in [4.78, 5) is 0. The maximum Gasteiger partial charge on any atom is 0.187 e. The van der Waals surface area contributed by atoms with Crippen LogP contribution in [0, 0.1) is 0 Å². The molecule has 0 saturated carbocycles. The van der Waals surface area contributed by atoms with E-state index in [1.165, 1.54) is 24.3 Å². The van der Waals surface area contributed by atoms with Crippen LogP contribution in [-0.2, 0) is 11.1 Å². The number of aliphatic hydroxyl groups is 1. The molecule has 0 saturated heterocycles. The van der Waals surface area contributed by atoms with Crippen molar-refractivity contribution in [1.29, 1.82) is 0 Å². The maximum absolute atomic E-state index is 10.4. The Bertz CT molecular complexity index is 282. The number of hydrogen-bond donors (Lipinski definition) is 3. The van der Waals surface area contributed by atoms with Crippen molar-refractivity contribution < 1.29 is 19.0 Å². The van der Waals surface area contributed by atoms with E-state index in [4.69, 9.17) is 14.8 Å². The van der Waals surface area contributed by atoms with Crippen molar-refractivity contribution in [2.24, 2.45) is 0 Å². The second-order valence-corrected chi connectivity index (χ2v) is 3.22. The molecule has 0 aromatic heterocycles. The van der Waals surface area contributed by atoms with Gasteiger partial charge in [0.1, 0.15) is 5.75 Å². The standard InChI is InChI=1S/C7H8O4S/c8-6-3-1-5(2-4-6)7(9)12(10)11/h1-4,7-9H,(H,10,11). The van der Waals surface area contributed by atoms with Crippen LogP contribution in [-0.4, -0.2) is 19.0 Å². The third kappa shape index (κ3) is 2.04. The molecule has 66 valence electrons. The number of phenolic OH excluding ortho intramolecular Hbond substituents is 1. The summed E-state index contributed by atoms with van der Waals surface area (Å²) in [5.41, 5.74) is -1.11. The molecule has 0 amide bonds. The summed E-state index contributed by atoms with van der Waals surface area (Å²) in [6.07, 6.45) is 0. The molecule has 5 heteroatoms. The van der Waals surface area contributed by atoms with E-state index in [0.717, 1.165) is 0 Å². The molecule has 0 spiro atoms. The molecule has 0 aliphatic heterocycles. The van der Waals surface area contributed by atoms with E-state index in [1.807, 2.05) is 0 Å². The van der Waals surface area contributed by atoms with Gasteiger partial charge in [0.25, 0.3) is 0 Å². The molecule has 0 aliphatic rings. The molecule has 0 radical (unpaired) electrons. The van der Waals surface area contributed by atoms with Gasteiger partial charge >= 0.3 is 0 Å². The summed E-state index contributed by atoms with van der Waals surface area (Å²) in [7, 11) is 0. The molecule has 12 heavy (non-hydrogen) atoms. The highest BCUT2D eigenvalue weighted by molar-refractivity contribution is 7.79. The predicted octanol–water partition coefficient (Wildman–Crippen LogP) is 0.605. The Kier molecular flexibility index (Phi) is 2.80. The van der Waals surface area contributed by atoms with E-state index in [9.17, 15) is 4.21 Å². The lowest BCUT2D eigenvalue weighted by Crippen LogP contribution is -2.03. The molecule has 2 unspecified atom stereocenters. The first-order valence-corrected chi connectivity index (χ1v) is 4.35. The largest absolute Gasteiger partial charge is 0.508 e. The molecule has 0 bridgehead atoms. The lowest BCUT2D eigenvalue weighted by atomic mass is 10.2. The zero-order valence-electron chi connectivity index (χ0n) is 6.04. The summed E-state index contributed by atoms with van der Waals surface area (Å²) < 4.78 is 18.9. The van der Waals surface area contributed by atoms with Crippen LogP contribution in [0.3, 0.4) is 0 Å². The summed E-state index contributed by atoms with van der Waals surface area (Å²) >= 11 is -2.29. The van der Waals surface area contributed by atoms with Gasteiger partial charge in [0.2, 0.25) is 0 Å². The van der Waals surface area contributed by atoms with Crippen molar-refractivity contribution in [3.63, 3.8) is 0 Å². The van der Waals surface area contributed by atoms with Gasteiger partial charge in [-0.05, 0) is 17.7 Å². The van der Waals surface area contributed by atoms with E-state index >= 15 is 0 Å². The predicted molar refractivity (Wildman–Crippen MR) is 43.8 cm³/mol. The number of phenols is 1. The van der Waals surface area contributed by atoms with Crippen LogP contribution in [0.2, 0.25) is 0 Å². The molecule has 2 atom stereocenters. The van der Waals surface area contributed by atoms with Gasteiger partial charge in [0.05, 0.1) is 0 Å². The van der Waals surface area contributed by atoms with Gasteiger partial charge in [0.15, 0.2) is 16.5 Å². The molecule has 1 rings (SSSR count). The normalized spacial score (nSPS) is 15.5. The fraction of sp³-hybridized carbons (Fsp3) is 0.143. The molecular formula is C7H8O4S. The third-order valence-electron chi connectivity index (χ3n) is 1.37. The summed E-state index contributed by atoms with van der Waals surface area (Å²) in [6, 6.07) is 5.44. The van der Waals surface area contributed by atoms with Gasteiger partial charge in [-0.15, -0.1) is 0 Å². The van der Waals surface area contributed by atoms with E-state index in [0.29, 0.717) is 5.56 Å². The topological polar surface area (TPSA) is 77.8 Å². The molecule has 4 nitrogen and oxygen atoms in total. The average Bonchev–Trinajstić information content (AvgIpc) is 2.04. The van der Waals surface area contributed by atoms with Crippen molar-refractivity contribution in [1.82, 2.24) is 0 Å². The van der Waals surface area contributed by atoms with Crippen molar-refractivity contribution >= 4 is 11.1 Å². The van der Waals surface area contributed by atoms with E-state index in [2.05, 4.69) is 0 Å². The second kappa shape index (κ2) is 3.66. The quantitative estimate of drug-likeness (QED) is 0.594. The first-order chi connectivity index (χ1) is 5.61. The second-order valence-electron chi connectivity index (χ2n) is 2.22. The zero-order valence-corrected chi connectivity index (χ0v) is 6.86. The Morgan fingerprint density at radius 3 is 2.17 bits per heavy atom. The lowest BCUT2D eigenvalue weighted by molar-refractivity contribution is 0.251. The Hall–Kier alpha value is -0.910. The zero-order chi connectivity index (χ0) is 9.14. The summed E-state index contributed by atoms with van der Waals surface area (Å²) in [6.45, 7) is 0. The van der Waals surface area contributed by atoms with Gasteiger partial charge in [-0.2, -0.15) is 0 Å². The minimum atomic E-state index is -2.29. The number of aromatic hydroxyl groups is 1. The number of rotatable bonds is 2. The van der Waals surface area contributed by atoms with Crippen LogP contribution in [0.25, 0.3) is 0 Å². The van der Waals surface area contributed by atoms with E-state index in [1.54, 1.807) is 0 Å². The number of hydrogen-bond acceptors (Lipinski definition) is 3. The fourth-order valence-electron chi connectivity index (χ4n) is 0.755. The smallest absolute Gasteiger partial charge is 0.187 e. The fourth-order valence-corrected chi connectivity index (χ4v) is 1.15. The minimum Gasteiger partial charge on any atom is -0.508 e. The van der Waals surface area contributed by atoms with Crippen molar-refractivity contribution in [3.8, 4) is 5.75 Å². The average molecular weight is 188 g/mol. The Balaban J connectivity index is 2.89. The van der Waals surface area contributed by atoms with Gasteiger partial charge in [0, 0.05) is 0 Å². The van der Waals surface area contributed by atoms with Gasteiger partial charge in [-0.25, -0.2) is 4.21 Å². The SMILES string of the molecule is O=S(O)C(O)c1ccc(O)cc1. The maximum atomic E-state index is 10.4. The van der Waals surface area contributed by atoms with Crippen LogP contribution in [0.15, 0.2) is 24.3 Å². The first-order valence-electron chi connectivity index (χ1n) is 3.18. The lowest BCUT2D eigenvalue weighted by Gasteiger charge is -2.05. The molecule has 3 N–H and O–H groups in total. The Labute approximate surface area is 71.8 Å². The van der Waals surface area contributed by atoms with Crippen LogP contribution in [0.1, 0.15) is 11.0 Å². The Morgan fingerprint density at radius 2 is 1.75 bits per heavy atom. The molecule has 0 aliphatic carbocycles. The van der Waals surface area contributed by atoms with E-state index < -0.39 is 16.5 Å². The van der Waals surface area contributed by atoms with Crippen LogP contribution >= 0.6 is 0 Å². The van der Waals surface area contributed by atoms with Crippen LogP contribution in [0.5, 0.6) is 5.75 Å². The molecule has 1 aromatic rings. The molecular weight excluding hydrogens is 180 g/mol. The summed E-state index contributed by atoms with van der Waals surface area (Å²) in [5.74, 6) is 0.0506. The first kappa shape index (κ1) is 9.18. The van der Waals surface area contributed by atoms with E-state index in [-0.39, 0.29) is 5.75 Å². The van der Waals surface area contributed by atoms with Crippen molar-refractivity contribution in [3.05, 3.63) is 29.8 Å². The molecule has 1 aromatic carbocycles. The monoisotopic (exact) mass is 188 g/mol. The van der Waals surface area contributed by atoms with Crippen molar-refractivity contribution in [2.45, 2.75) is 5.44 Å². The highest BCUT2D eigenvalue weighted by Crippen LogP contribution is 2.18. The van der Waals surface area contributed by atoms with Gasteiger partial charge in [-0.1, -0.05) is 12.1 Å². The highest BCUT2D eigenvalue weighted by atomic mass is 32.2. The van der Waals surface area contributed by atoms with Crippen LogP contribution in [0.4, 0.5) is 0 Å². The Morgan fingerprint density at radius 1 is 1.25 bits per heavy atom. The number of benzene rings is 1. The summed E-state index contributed by atoms with van der Waals surface area (Å²) in [5, 5.41) is 17.9. The van der Waals surface area contributed by atoms with Crippen molar-refractivity contribution in [2.75, 3.05) is 0 Å². The third-order valence-corrected chi connectivity index (χ3v) is 2.02. The van der Waals surface area contributed by atoms with Gasteiger partial charge in [-0.3, -0.25) is 0 Å². The molecule has 0 fully saturated rings. The highest BCUT2D eigenvalue weighted by Gasteiger charge is 2.12. The molecule has 0 heterocycles. The minimum absolute atomic E-state index is 0.0506.